The van der Waals surface area contributed by atoms with E-state index in [4.69, 9.17) is 9.47 Å². The molecule has 4 rings (SSSR count). The van der Waals surface area contributed by atoms with Gasteiger partial charge in [0.1, 0.15) is 22.7 Å². The lowest BCUT2D eigenvalue weighted by Crippen LogP contribution is -2.45. The number of H-pyrrole nitrogens is 1. The second-order valence-corrected chi connectivity index (χ2v) is 7.26. The number of benzene rings is 1. The summed E-state index contributed by atoms with van der Waals surface area (Å²) in [5.41, 5.74) is 2.92. The van der Waals surface area contributed by atoms with Crippen molar-refractivity contribution in [2.45, 2.75) is 19.1 Å². The number of hydrogen-bond acceptors (Lipinski definition) is 6. The molecule has 0 spiro atoms. The van der Waals surface area contributed by atoms with Crippen LogP contribution in [0, 0.1) is 5.82 Å². The SMILES string of the molecule is COC[C@@H](NC(=O)c1c[nH]c2ncc(-c3nn(C)c4cc(F)ccc34)nc12)[C@H](C)OC. The summed E-state index contributed by atoms with van der Waals surface area (Å²) < 4.78 is 25.8. The molecule has 2 atom stereocenters. The molecule has 3 aromatic heterocycles. The molecule has 31 heavy (non-hydrogen) atoms. The molecule has 0 unspecified atom stereocenters. The van der Waals surface area contributed by atoms with Crippen molar-refractivity contribution in [1.82, 2.24) is 30.0 Å². The molecule has 0 fully saturated rings. The number of ether oxygens (including phenoxy) is 2. The Morgan fingerprint density at radius 1 is 1.35 bits per heavy atom. The van der Waals surface area contributed by atoms with Crippen molar-refractivity contribution in [3.05, 3.63) is 42.0 Å². The van der Waals surface area contributed by atoms with Gasteiger partial charge in [-0.25, -0.2) is 14.4 Å². The van der Waals surface area contributed by atoms with Gasteiger partial charge in [0.25, 0.3) is 5.91 Å². The Balaban J connectivity index is 1.73. The summed E-state index contributed by atoms with van der Waals surface area (Å²) in [6.45, 7) is 2.16. The molecule has 0 saturated heterocycles. The molecule has 1 aromatic carbocycles. The smallest absolute Gasteiger partial charge is 0.255 e. The van der Waals surface area contributed by atoms with Crippen molar-refractivity contribution in [3.8, 4) is 11.4 Å². The Bertz CT molecular complexity index is 1250. The molecular formula is C21H23FN6O3. The van der Waals surface area contributed by atoms with Crippen molar-refractivity contribution in [2.75, 3.05) is 20.8 Å². The van der Waals surface area contributed by atoms with Crippen molar-refractivity contribution >= 4 is 28.0 Å². The van der Waals surface area contributed by atoms with Gasteiger partial charge in [0.05, 0.1) is 36.0 Å². The normalized spacial score (nSPS) is 13.6. The Kier molecular flexibility index (Phi) is 5.66. The van der Waals surface area contributed by atoms with Crippen LogP contribution in [0.2, 0.25) is 0 Å². The van der Waals surface area contributed by atoms with Crippen molar-refractivity contribution < 1.29 is 18.7 Å². The highest BCUT2D eigenvalue weighted by Crippen LogP contribution is 2.28. The maximum absolute atomic E-state index is 13.6. The van der Waals surface area contributed by atoms with Gasteiger partial charge in [-0.1, -0.05) is 0 Å². The minimum absolute atomic E-state index is 0.240. The number of aryl methyl sites for hydroxylation is 1. The van der Waals surface area contributed by atoms with Crippen LogP contribution in [0.3, 0.4) is 0 Å². The number of aromatic nitrogens is 5. The van der Waals surface area contributed by atoms with E-state index in [1.54, 1.807) is 44.4 Å². The third-order valence-corrected chi connectivity index (χ3v) is 5.28. The van der Waals surface area contributed by atoms with Gasteiger partial charge in [0, 0.05) is 32.9 Å². The van der Waals surface area contributed by atoms with Crippen LogP contribution in [0.4, 0.5) is 4.39 Å². The number of carbonyl (C=O) groups excluding carboxylic acids is 1. The van der Waals surface area contributed by atoms with E-state index in [9.17, 15) is 9.18 Å². The Hall–Kier alpha value is -3.37. The van der Waals surface area contributed by atoms with E-state index in [1.807, 2.05) is 6.92 Å². The Labute approximate surface area is 177 Å². The van der Waals surface area contributed by atoms with Gasteiger partial charge in [-0.05, 0) is 25.1 Å². The average Bonchev–Trinajstić information content (AvgIpc) is 3.33. The highest BCUT2D eigenvalue weighted by molar-refractivity contribution is 6.05. The summed E-state index contributed by atoms with van der Waals surface area (Å²) in [6, 6.07) is 4.12. The van der Waals surface area contributed by atoms with Crippen LogP contribution in [-0.4, -0.2) is 63.6 Å². The number of methoxy groups -OCH3 is 2. The minimum Gasteiger partial charge on any atom is -0.382 e. The monoisotopic (exact) mass is 426 g/mol. The fourth-order valence-corrected chi connectivity index (χ4v) is 3.48. The first-order chi connectivity index (χ1) is 14.9. The number of aromatic amines is 1. The predicted molar refractivity (Wildman–Crippen MR) is 113 cm³/mol. The van der Waals surface area contributed by atoms with Crippen LogP contribution >= 0.6 is 0 Å². The van der Waals surface area contributed by atoms with E-state index in [1.165, 1.54) is 12.1 Å². The molecule has 3 heterocycles. The van der Waals surface area contributed by atoms with Gasteiger partial charge in [-0.2, -0.15) is 5.10 Å². The van der Waals surface area contributed by atoms with Crippen LogP contribution < -0.4 is 5.32 Å². The molecule has 0 aliphatic rings. The average molecular weight is 426 g/mol. The number of nitrogens with zero attached hydrogens (tertiary/aromatic N) is 4. The predicted octanol–water partition coefficient (Wildman–Crippen LogP) is 2.43. The maximum Gasteiger partial charge on any atom is 0.255 e. The van der Waals surface area contributed by atoms with Crippen LogP contribution in [0.5, 0.6) is 0 Å². The number of fused-ring (bicyclic) bond motifs is 2. The first-order valence-corrected chi connectivity index (χ1v) is 9.72. The number of rotatable bonds is 7. The summed E-state index contributed by atoms with van der Waals surface area (Å²) in [7, 11) is 4.87. The molecule has 0 bridgehead atoms. The number of nitrogens with one attached hydrogen (secondary N) is 2. The zero-order chi connectivity index (χ0) is 22.1. The third kappa shape index (κ3) is 3.87. The van der Waals surface area contributed by atoms with Gasteiger partial charge < -0.3 is 19.8 Å². The molecule has 0 saturated carbocycles. The minimum atomic E-state index is -0.343. The van der Waals surface area contributed by atoms with E-state index >= 15 is 0 Å². The summed E-state index contributed by atoms with van der Waals surface area (Å²) in [6.07, 6.45) is 2.90. The zero-order valence-corrected chi connectivity index (χ0v) is 17.6. The van der Waals surface area contributed by atoms with E-state index in [-0.39, 0.29) is 23.9 Å². The van der Waals surface area contributed by atoms with E-state index in [0.717, 1.165) is 5.39 Å². The highest BCUT2D eigenvalue weighted by Gasteiger charge is 2.23. The molecule has 9 nitrogen and oxygen atoms in total. The van der Waals surface area contributed by atoms with Gasteiger partial charge in [-0.3, -0.25) is 9.48 Å². The van der Waals surface area contributed by atoms with Crippen LogP contribution in [0.25, 0.3) is 33.5 Å². The van der Waals surface area contributed by atoms with Crippen molar-refractivity contribution in [1.29, 1.82) is 0 Å². The van der Waals surface area contributed by atoms with E-state index in [0.29, 0.717) is 40.2 Å². The summed E-state index contributed by atoms with van der Waals surface area (Å²) in [4.78, 5) is 25.0. The summed E-state index contributed by atoms with van der Waals surface area (Å²) in [5, 5.41) is 8.15. The number of halogens is 1. The van der Waals surface area contributed by atoms with Gasteiger partial charge in [0.2, 0.25) is 0 Å². The Morgan fingerprint density at radius 3 is 2.90 bits per heavy atom. The van der Waals surface area contributed by atoms with Crippen molar-refractivity contribution in [2.24, 2.45) is 7.05 Å². The lowest BCUT2D eigenvalue weighted by molar-refractivity contribution is 0.0422. The molecule has 0 aliphatic carbocycles. The van der Waals surface area contributed by atoms with Gasteiger partial charge in [-0.15, -0.1) is 0 Å². The lowest BCUT2D eigenvalue weighted by atomic mass is 10.1. The van der Waals surface area contributed by atoms with Crippen LogP contribution in [-0.2, 0) is 16.5 Å². The number of carbonyl (C=O) groups is 1. The fraction of sp³-hybridized carbons (Fsp3) is 0.333. The molecule has 0 radical (unpaired) electrons. The zero-order valence-electron chi connectivity index (χ0n) is 17.6. The molecule has 0 aliphatic heterocycles. The highest BCUT2D eigenvalue weighted by atomic mass is 19.1. The molecule has 4 aromatic rings. The quantitative estimate of drug-likeness (QED) is 0.470. The van der Waals surface area contributed by atoms with E-state index in [2.05, 4.69) is 25.4 Å². The second-order valence-electron chi connectivity index (χ2n) is 7.26. The van der Waals surface area contributed by atoms with Gasteiger partial charge >= 0.3 is 0 Å². The first-order valence-electron chi connectivity index (χ1n) is 9.72. The van der Waals surface area contributed by atoms with Gasteiger partial charge in [0.15, 0.2) is 5.65 Å². The summed E-state index contributed by atoms with van der Waals surface area (Å²) in [5.74, 6) is -0.666. The molecule has 10 heteroatoms. The standard InChI is InChI=1S/C21H23FN6O3/c1-11(31-4)16(10-30-3)26-21(29)14-8-23-20-19(14)25-15(9-24-20)18-13-6-5-12(22)7-17(13)28(2)27-18/h5-9,11,16H,10H2,1-4H3,(H,23,24)(H,26,29)/t11-,16+/m0/s1. The van der Waals surface area contributed by atoms with Crippen LogP contribution in [0.15, 0.2) is 30.6 Å². The molecule has 162 valence electrons. The van der Waals surface area contributed by atoms with E-state index < -0.39 is 0 Å². The lowest BCUT2D eigenvalue weighted by Gasteiger charge is -2.23. The summed E-state index contributed by atoms with van der Waals surface area (Å²) >= 11 is 0. The Morgan fingerprint density at radius 2 is 2.16 bits per heavy atom. The second kappa shape index (κ2) is 8.40. The van der Waals surface area contributed by atoms with Crippen LogP contribution in [0.1, 0.15) is 17.3 Å². The largest absolute Gasteiger partial charge is 0.382 e. The molecular weight excluding hydrogens is 403 g/mol. The molecule has 1 amide bonds. The maximum atomic E-state index is 13.6. The topological polar surface area (TPSA) is 107 Å². The third-order valence-electron chi connectivity index (χ3n) is 5.28. The fourth-order valence-electron chi connectivity index (χ4n) is 3.48. The van der Waals surface area contributed by atoms with Crippen molar-refractivity contribution in [3.63, 3.8) is 0 Å². The number of hydrogen-bond donors (Lipinski definition) is 2. The first kappa shape index (κ1) is 20.9. The molecule has 2 N–H and O–H groups in total. The number of amides is 1.